The molecule has 6 atom stereocenters. The Labute approximate surface area is 236 Å². The van der Waals surface area contributed by atoms with Crippen LogP contribution in [0.25, 0.3) is 10.4 Å². The van der Waals surface area contributed by atoms with Crippen molar-refractivity contribution >= 4 is 0 Å². The van der Waals surface area contributed by atoms with Gasteiger partial charge in [0.2, 0.25) is 0 Å². The fourth-order valence-electron chi connectivity index (χ4n) is 5.08. The Morgan fingerprint density at radius 3 is 1.62 bits per heavy atom. The average Bonchev–Trinajstić information content (AvgIpc) is 2.99. The number of rotatable bonds is 14. The van der Waals surface area contributed by atoms with Crippen LogP contribution in [0.4, 0.5) is 0 Å². The zero-order chi connectivity index (χ0) is 28.2. The Morgan fingerprint density at radius 2 is 1.20 bits per heavy atom. The number of azide groups is 1. The van der Waals surface area contributed by atoms with Crippen LogP contribution in [0.15, 0.2) is 96.1 Å². The number of benzene rings is 3. The molecule has 0 aliphatic carbocycles. The number of hydrogen-bond acceptors (Lipinski definition) is 6. The average molecular weight is 546 g/mol. The lowest BCUT2D eigenvalue weighted by molar-refractivity contribution is -0.273. The third-order valence-corrected chi connectivity index (χ3v) is 7.00. The second-order valence-corrected chi connectivity index (χ2v) is 10.5. The van der Waals surface area contributed by atoms with E-state index in [1.165, 1.54) is 0 Å². The van der Waals surface area contributed by atoms with Crippen LogP contribution >= 0.6 is 0 Å². The molecule has 3 aromatic rings. The molecule has 212 valence electrons. The van der Waals surface area contributed by atoms with E-state index in [0.717, 1.165) is 16.7 Å². The normalized spacial score (nSPS) is 23.4. The number of aliphatic hydroxyl groups is 1. The van der Waals surface area contributed by atoms with Gasteiger partial charge in [-0.2, -0.15) is 0 Å². The van der Waals surface area contributed by atoms with E-state index >= 15 is 0 Å². The number of aliphatic hydroxyl groups excluding tert-OH is 1. The van der Waals surface area contributed by atoms with Crippen molar-refractivity contribution in [3.8, 4) is 0 Å². The molecule has 1 saturated heterocycles. The summed E-state index contributed by atoms with van der Waals surface area (Å²) in [5.74, 6) is 0.247. The largest absolute Gasteiger partial charge is 0.394 e. The first kappa shape index (κ1) is 29.7. The van der Waals surface area contributed by atoms with Crippen LogP contribution in [0.2, 0.25) is 0 Å². The highest BCUT2D eigenvalue weighted by atomic mass is 16.6. The predicted molar refractivity (Wildman–Crippen MR) is 153 cm³/mol. The molecule has 1 N–H and O–H groups in total. The van der Waals surface area contributed by atoms with Gasteiger partial charge in [-0.05, 0) is 34.6 Å². The molecule has 4 rings (SSSR count). The maximum absolute atomic E-state index is 10.5. The van der Waals surface area contributed by atoms with Gasteiger partial charge in [-0.15, -0.1) is 0 Å². The maximum atomic E-state index is 10.5. The summed E-state index contributed by atoms with van der Waals surface area (Å²) in [6, 6.07) is 29.1. The van der Waals surface area contributed by atoms with E-state index in [4.69, 9.17) is 18.9 Å². The SMILES string of the molecule is CC(C)C[C@H](N=[N+]=[N-])[C@@H]1O[C@H](CO)[C@@H](OCc2ccccc2)[C@H](OCc2ccccc2)[C@H]1OCc1ccccc1. The molecule has 1 aliphatic rings. The Bertz CT molecular complexity index is 1170. The van der Waals surface area contributed by atoms with Gasteiger partial charge in [-0.25, -0.2) is 0 Å². The number of ether oxygens (including phenoxy) is 4. The van der Waals surface area contributed by atoms with Crippen LogP contribution in [-0.2, 0) is 38.8 Å². The van der Waals surface area contributed by atoms with Crippen molar-refractivity contribution in [2.45, 2.75) is 76.7 Å². The molecule has 1 heterocycles. The molecule has 0 saturated carbocycles. The van der Waals surface area contributed by atoms with Crippen molar-refractivity contribution in [2.24, 2.45) is 11.0 Å². The zero-order valence-corrected chi connectivity index (χ0v) is 23.2. The zero-order valence-electron chi connectivity index (χ0n) is 23.2. The second-order valence-electron chi connectivity index (χ2n) is 10.5. The van der Waals surface area contributed by atoms with Gasteiger partial charge in [0.1, 0.15) is 24.4 Å². The quantitative estimate of drug-likeness (QED) is 0.147. The molecule has 40 heavy (non-hydrogen) atoms. The lowest BCUT2D eigenvalue weighted by Gasteiger charge is -2.47. The van der Waals surface area contributed by atoms with Crippen LogP contribution in [0, 0.1) is 5.92 Å². The number of nitrogens with zero attached hydrogens (tertiary/aromatic N) is 3. The summed E-state index contributed by atoms with van der Waals surface area (Å²) < 4.78 is 26.1. The summed E-state index contributed by atoms with van der Waals surface area (Å²) in [5.41, 5.74) is 12.4. The first-order valence-corrected chi connectivity index (χ1v) is 13.9. The Hall–Kier alpha value is -3.23. The monoisotopic (exact) mass is 545 g/mol. The van der Waals surface area contributed by atoms with E-state index in [1.807, 2.05) is 91.0 Å². The van der Waals surface area contributed by atoms with Gasteiger partial charge in [0.15, 0.2) is 0 Å². The minimum absolute atomic E-state index is 0.247. The molecule has 0 amide bonds. The predicted octanol–water partition coefficient (Wildman–Crippen LogP) is 6.23. The van der Waals surface area contributed by atoms with E-state index in [1.54, 1.807) is 0 Å². The van der Waals surface area contributed by atoms with Gasteiger partial charge in [0.25, 0.3) is 0 Å². The molecule has 1 fully saturated rings. The molecule has 0 bridgehead atoms. The van der Waals surface area contributed by atoms with Crippen LogP contribution in [-0.4, -0.2) is 48.3 Å². The highest BCUT2D eigenvalue weighted by molar-refractivity contribution is 5.16. The Kier molecular flexibility index (Phi) is 11.5. The Balaban J connectivity index is 1.68. The van der Waals surface area contributed by atoms with Crippen LogP contribution in [0.3, 0.4) is 0 Å². The minimum Gasteiger partial charge on any atom is -0.394 e. The topological polar surface area (TPSA) is 106 Å². The lowest BCUT2D eigenvalue weighted by atomic mass is 9.87. The molecular formula is C32H39N3O5. The van der Waals surface area contributed by atoms with Gasteiger partial charge in [0.05, 0.1) is 38.6 Å². The van der Waals surface area contributed by atoms with E-state index in [0.29, 0.717) is 26.2 Å². The molecule has 0 radical (unpaired) electrons. The second kappa shape index (κ2) is 15.5. The van der Waals surface area contributed by atoms with Crippen LogP contribution < -0.4 is 0 Å². The molecule has 8 nitrogen and oxygen atoms in total. The highest BCUT2D eigenvalue weighted by Gasteiger charge is 2.50. The summed E-state index contributed by atoms with van der Waals surface area (Å²) in [6.45, 7) is 4.82. The molecule has 8 heteroatoms. The summed E-state index contributed by atoms with van der Waals surface area (Å²) in [5, 5.41) is 14.6. The third-order valence-electron chi connectivity index (χ3n) is 7.00. The molecule has 0 spiro atoms. The maximum Gasteiger partial charge on any atom is 0.115 e. The van der Waals surface area contributed by atoms with Crippen molar-refractivity contribution in [3.05, 3.63) is 118 Å². The van der Waals surface area contributed by atoms with E-state index < -0.39 is 36.6 Å². The Morgan fingerprint density at radius 1 is 0.750 bits per heavy atom. The van der Waals surface area contributed by atoms with Crippen molar-refractivity contribution in [1.29, 1.82) is 0 Å². The van der Waals surface area contributed by atoms with Crippen molar-refractivity contribution in [1.82, 2.24) is 0 Å². The standard InChI is InChI=1S/C32H39N3O5/c1-23(2)18-27(34-35-33)29-31(38-21-25-14-8-4-9-15-25)32(39-22-26-16-10-5-11-17-26)30(28(19-36)40-29)37-20-24-12-6-3-7-13-24/h3-17,23,27-32,36H,18-22H2,1-2H3/t27-,28+,29-,30+,31-,32-/m0/s1. The van der Waals surface area contributed by atoms with Gasteiger partial charge < -0.3 is 24.1 Å². The van der Waals surface area contributed by atoms with Gasteiger partial charge in [-0.1, -0.05) is 110 Å². The smallest absolute Gasteiger partial charge is 0.115 e. The first-order chi connectivity index (χ1) is 19.6. The van der Waals surface area contributed by atoms with E-state index in [9.17, 15) is 10.6 Å². The van der Waals surface area contributed by atoms with Gasteiger partial charge in [-0.3, -0.25) is 0 Å². The number of hydrogen-bond donors (Lipinski definition) is 1. The van der Waals surface area contributed by atoms with Gasteiger partial charge >= 0.3 is 0 Å². The molecular weight excluding hydrogens is 506 g/mol. The van der Waals surface area contributed by atoms with E-state index in [2.05, 4.69) is 23.9 Å². The van der Waals surface area contributed by atoms with Crippen LogP contribution in [0.5, 0.6) is 0 Å². The fraction of sp³-hybridized carbons (Fsp3) is 0.438. The fourth-order valence-corrected chi connectivity index (χ4v) is 5.08. The minimum atomic E-state index is -0.699. The van der Waals surface area contributed by atoms with Crippen molar-refractivity contribution in [3.63, 3.8) is 0 Å². The molecule has 0 unspecified atom stereocenters. The summed E-state index contributed by atoms with van der Waals surface area (Å²) >= 11 is 0. The highest BCUT2D eigenvalue weighted by Crippen LogP contribution is 2.34. The lowest BCUT2D eigenvalue weighted by Crippen LogP contribution is -2.63. The third kappa shape index (κ3) is 8.38. The summed E-state index contributed by atoms with van der Waals surface area (Å²) in [7, 11) is 0. The first-order valence-electron chi connectivity index (χ1n) is 13.9. The summed E-state index contributed by atoms with van der Waals surface area (Å²) in [6.07, 6.45) is -2.60. The van der Waals surface area contributed by atoms with Crippen molar-refractivity contribution in [2.75, 3.05) is 6.61 Å². The van der Waals surface area contributed by atoms with E-state index in [-0.39, 0.29) is 12.5 Å². The van der Waals surface area contributed by atoms with Crippen LogP contribution in [0.1, 0.15) is 37.0 Å². The molecule has 1 aliphatic heterocycles. The molecule has 0 aromatic heterocycles. The molecule has 3 aromatic carbocycles. The summed E-state index contributed by atoms with van der Waals surface area (Å²) in [4.78, 5) is 3.14. The van der Waals surface area contributed by atoms with Crippen molar-refractivity contribution < 1.29 is 24.1 Å². The van der Waals surface area contributed by atoms with Gasteiger partial charge in [0, 0.05) is 4.91 Å².